The number of amides is 1. The second kappa shape index (κ2) is 7.60. The molecule has 7 nitrogen and oxygen atoms in total. The van der Waals surface area contributed by atoms with E-state index in [4.69, 9.17) is 9.47 Å². The number of hydrogen-bond acceptors (Lipinski definition) is 6. The Kier molecular flexibility index (Phi) is 5.28. The van der Waals surface area contributed by atoms with Gasteiger partial charge in [-0.05, 0) is 31.5 Å². The molecule has 0 unspecified atom stereocenters. The maximum absolute atomic E-state index is 12.4. The van der Waals surface area contributed by atoms with Crippen molar-refractivity contribution in [3.63, 3.8) is 0 Å². The number of nitrogens with zero attached hydrogens (tertiary/aromatic N) is 3. The predicted molar refractivity (Wildman–Crippen MR) is 94.7 cm³/mol. The van der Waals surface area contributed by atoms with Crippen molar-refractivity contribution in [2.24, 2.45) is 0 Å². The van der Waals surface area contributed by atoms with Gasteiger partial charge in [0.2, 0.25) is 12.7 Å². The molecule has 1 aliphatic rings. The first-order valence-corrected chi connectivity index (χ1v) is 8.80. The average molecular weight is 360 g/mol. The zero-order valence-electron chi connectivity index (χ0n) is 14.2. The quantitative estimate of drug-likeness (QED) is 0.603. The molecule has 0 fully saturated rings. The fourth-order valence-corrected chi connectivity index (χ4v) is 3.31. The third-order valence-electron chi connectivity index (χ3n) is 3.77. The van der Waals surface area contributed by atoms with Crippen LogP contribution in [-0.2, 0) is 17.9 Å². The largest absolute Gasteiger partial charge is 0.454 e. The molecule has 1 aromatic heterocycles. The van der Waals surface area contributed by atoms with Crippen molar-refractivity contribution in [2.75, 3.05) is 6.79 Å². The van der Waals surface area contributed by atoms with Gasteiger partial charge in [0.1, 0.15) is 5.82 Å². The number of allylic oxidation sites excluding steroid dienone is 1. The van der Waals surface area contributed by atoms with Crippen LogP contribution in [0.3, 0.4) is 0 Å². The predicted octanol–water partition coefficient (Wildman–Crippen LogP) is 2.30. The van der Waals surface area contributed by atoms with Crippen molar-refractivity contribution in [1.29, 1.82) is 0 Å². The van der Waals surface area contributed by atoms with Crippen molar-refractivity contribution >= 4 is 17.7 Å². The summed E-state index contributed by atoms with van der Waals surface area (Å²) in [6.45, 7) is 8.75. The minimum atomic E-state index is -0.291. The van der Waals surface area contributed by atoms with Crippen LogP contribution < -0.4 is 14.8 Å². The zero-order valence-corrected chi connectivity index (χ0v) is 15.0. The Balaban J connectivity index is 1.57. The summed E-state index contributed by atoms with van der Waals surface area (Å²) in [5.74, 6) is 2.18. The van der Waals surface area contributed by atoms with Crippen molar-refractivity contribution in [3.05, 3.63) is 42.2 Å². The minimum absolute atomic E-state index is 0.0616. The van der Waals surface area contributed by atoms with Crippen molar-refractivity contribution in [3.8, 4) is 11.5 Å². The summed E-state index contributed by atoms with van der Waals surface area (Å²) in [6.07, 6.45) is 1.78. The summed E-state index contributed by atoms with van der Waals surface area (Å²) < 4.78 is 12.6. The van der Waals surface area contributed by atoms with Gasteiger partial charge in [0.05, 0.1) is 5.25 Å². The Labute approximate surface area is 150 Å². The fraction of sp³-hybridized carbons (Fsp3) is 0.353. The minimum Gasteiger partial charge on any atom is -0.454 e. The number of fused-ring (bicyclic) bond motifs is 1. The zero-order chi connectivity index (χ0) is 17.8. The number of thioether (sulfide) groups is 1. The summed E-state index contributed by atoms with van der Waals surface area (Å²) >= 11 is 1.38. The van der Waals surface area contributed by atoms with Gasteiger partial charge < -0.3 is 19.4 Å². The number of hydrogen-bond donors (Lipinski definition) is 1. The van der Waals surface area contributed by atoms with E-state index < -0.39 is 0 Å². The maximum atomic E-state index is 12.4. The van der Waals surface area contributed by atoms with Gasteiger partial charge in [-0.1, -0.05) is 23.9 Å². The molecule has 25 heavy (non-hydrogen) atoms. The van der Waals surface area contributed by atoms with Gasteiger partial charge in [-0.2, -0.15) is 0 Å². The van der Waals surface area contributed by atoms with E-state index in [0.29, 0.717) is 24.0 Å². The van der Waals surface area contributed by atoms with Gasteiger partial charge in [0, 0.05) is 13.1 Å². The number of benzene rings is 1. The molecule has 0 saturated carbocycles. The maximum Gasteiger partial charge on any atom is 0.233 e. The van der Waals surface area contributed by atoms with Crippen molar-refractivity contribution < 1.29 is 14.3 Å². The van der Waals surface area contributed by atoms with Crippen molar-refractivity contribution in [1.82, 2.24) is 20.1 Å². The van der Waals surface area contributed by atoms with Gasteiger partial charge in [-0.15, -0.1) is 16.8 Å². The summed E-state index contributed by atoms with van der Waals surface area (Å²) in [5.41, 5.74) is 0.959. The highest BCUT2D eigenvalue weighted by molar-refractivity contribution is 8.00. The molecule has 1 aromatic carbocycles. The summed E-state index contributed by atoms with van der Waals surface area (Å²) in [4.78, 5) is 12.4. The van der Waals surface area contributed by atoms with E-state index in [1.165, 1.54) is 11.8 Å². The van der Waals surface area contributed by atoms with Crippen LogP contribution in [0.1, 0.15) is 18.3 Å². The number of carbonyl (C=O) groups is 1. The lowest BCUT2D eigenvalue weighted by Gasteiger charge is -2.12. The van der Waals surface area contributed by atoms with Gasteiger partial charge in [0.15, 0.2) is 16.7 Å². The van der Waals surface area contributed by atoms with Crippen LogP contribution in [-0.4, -0.2) is 32.7 Å². The molecular weight excluding hydrogens is 340 g/mol. The number of carbonyl (C=O) groups excluding carboxylic acids is 1. The fourth-order valence-electron chi connectivity index (χ4n) is 2.38. The first-order valence-electron chi connectivity index (χ1n) is 7.92. The topological polar surface area (TPSA) is 78.3 Å². The highest BCUT2D eigenvalue weighted by atomic mass is 32.2. The van der Waals surface area contributed by atoms with Gasteiger partial charge >= 0.3 is 0 Å². The molecule has 1 amide bonds. The average Bonchev–Trinajstić information content (AvgIpc) is 3.20. The Morgan fingerprint density at radius 2 is 2.24 bits per heavy atom. The lowest BCUT2D eigenvalue weighted by Crippen LogP contribution is -2.30. The molecule has 0 saturated heterocycles. The van der Waals surface area contributed by atoms with Gasteiger partial charge in [0.25, 0.3) is 0 Å². The highest BCUT2D eigenvalue weighted by Gasteiger charge is 2.19. The molecule has 8 heteroatoms. The third-order valence-corrected chi connectivity index (χ3v) is 4.85. The van der Waals surface area contributed by atoms with Gasteiger partial charge in [-0.3, -0.25) is 4.79 Å². The van der Waals surface area contributed by atoms with Crippen LogP contribution >= 0.6 is 11.8 Å². The van der Waals surface area contributed by atoms with Crippen LogP contribution in [0.2, 0.25) is 0 Å². The molecule has 0 spiro atoms. The molecule has 2 aromatic rings. The first kappa shape index (κ1) is 17.3. The van der Waals surface area contributed by atoms with E-state index in [-0.39, 0.29) is 18.0 Å². The molecule has 0 bridgehead atoms. The Hall–Kier alpha value is -2.48. The summed E-state index contributed by atoms with van der Waals surface area (Å²) in [5, 5.41) is 11.5. The van der Waals surface area contributed by atoms with Crippen LogP contribution in [0.15, 0.2) is 36.0 Å². The molecule has 1 aliphatic heterocycles. The Morgan fingerprint density at radius 1 is 1.44 bits per heavy atom. The Morgan fingerprint density at radius 3 is 3.04 bits per heavy atom. The molecule has 132 valence electrons. The van der Waals surface area contributed by atoms with E-state index in [2.05, 4.69) is 22.1 Å². The standard InChI is InChI=1S/C17H20N4O3S/c1-4-7-21-12(3)19-20-17(21)25-11(2)16(22)18-9-13-5-6-14-15(8-13)24-10-23-14/h4-6,8,11H,1,7,9-10H2,2-3H3,(H,18,22)/t11-/m1/s1. The monoisotopic (exact) mass is 360 g/mol. The van der Waals surface area contributed by atoms with Crippen LogP contribution in [0.5, 0.6) is 11.5 Å². The summed E-state index contributed by atoms with van der Waals surface area (Å²) in [7, 11) is 0. The van der Waals surface area contributed by atoms with E-state index >= 15 is 0 Å². The second-order valence-corrected chi connectivity index (χ2v) is 6.90. The third kappa shape index (κ3) is 3.96. The second-order valence-electron chi connectivity index (χ2n) is 5.59. The normalized spacial score (nSPS) is 13.5. The van der Waals surface area contributed by atoms with E-state index in [0.717, 1.165) is 17.1 Å². The molecule has 2 heterocycles. The van der Waals surface area contributed by atoms with Crippen molar-refractivity contribution in [2.45, 2.75) is 37.3 Å². The number of nitrogens with one attached hydrogen (secondary N) is 1. The molecule has 0 aliphatic carbocycles. The molecular formula is C17H20N4O3S. The van der Waals surface area contributed by atoms with E-state index in [1.54, 1.807) is 6.08 Å². The molecule has 3 rings (SSSR count). The molecule has 0 radical (unpaired) electrons. The van der Waals surface area contributed by atoms with E-state index in [9.17, 15) is 4.79 Å². The van der Waals surface area contributed by atoms with E-state index in [1.807, 2.05) is 36.6 Å². The highest BCUT2D eigenvalue weighted by Crippen LogP contribution is 2.32. The van der Waals surface area contributed by atoms with Gasteiger partial charge in [-0.25, -0.2) is 0 Å². The number of aryl methyl sites for hydroxylation is 1. The number of ether oxygens (including phenoxy) is 2. The SMILES string of the molecule is C=CCn1c(C)nnc1S[C@H](C)C(=O)NCc1ccc2c(c1)OCO2. The van der Waals surface area contributed by atoms with Crippen LogP contribution in [0.25, 0.3) is 0 Å². The smallest absolute Gasteiger partial charge is 0.233 e. The van der Waals surface area contributed by atoms with Crippen LogP contribution in [0.4, 0.5) is 0 Å². The van der Waals surface area contributed by atoms with Crippen LogP contribution in [0, 0.1) is 6.92 Å². The molecule has 1 atom stereocenters. The molecule has 1 N–H and O–H groups in total. The first-order chi connectivity index (χ1) is 12.1. The summed E-state index contributed by atoms with van der Waals surface area (Å²) in [6, 6.07) is 5.64. The number of aromatic nitrogens is 3. The number of rotatable bonds is 7. The Bertz CT molecular complexity index is 790. The lowest BCUT2D eigenvalue weighted by atomic mass is 10.2. The lowest BCUT2D eigenvalue weighted by molar-refractivity contribution is -0.120.